The number of benzene rings is 2. The predicted molar refractivity (Wildman–Crippen MR) is 74.1 cm³/mol. The highest BCUT2D eigenvalue weighted by Crippen LogP contribution is 2.32. The third-order valence-corrected chi connectivity index (χ3v) is 2.99. The topological polar surface area (TPSA) is 52.4 Å². The molecule has 0 N–H and O–H groups in total. The smallest absolute Gasteiger partial charge is 0.273 e. The number of aryl methyl sites for hydroxylation is 2. The molecule has 0 saturated carbocycles. The van der Waals surface area contributed by atoms with Crippen LogP contribution in [-0.2, 0) is 0 Å². The van der Waals surface area contributed by atoms with Crippen LogP contribution in [0, 0.1) is 24.0 Å². The normalized spacial score (nSPS) is 10.3. The van der Waals surface area contributed by atoms with Gasteiger partial charge in [0.1, 0.15) is 11.5 Å². The number of halogens is 1. The summed E-state index contributed by atoms with van der Waals surface area (Å²) in [5, 5.41) is 11.3. The van der Waals surface area contributed by atoms with E-state index in [-0.39, 0.29) is 5.69 Å². The number of rotatable bonds is 3. The molecule has 0 saturated heterocycles. The fourth-order valence-electron chi connectivity index (χ4n) is 1.61. The molecule has 0 unspecified atom stereocenters. The van der Waals surface area contributed by atoms with Gasteiger partial charge in [0, 0.05) is 11.1 Å². The van der Waals surface area contributed by atoms with Gasteiger partial charge < -0.3 is 4.74 Å². The van der Waals surface area contributed by atoms with Gasteiger partial charge in [-0.25, -0.2) is 0 Å². The zero-order valence-corrected chi connectivity index (χ0v) is 11.3. The number of nitrogens with zero attached hydrogens (tertiary/aromatic N) is 1. The molecule has 2 aromatic carbocycles. The number of hydrogen-bond donors (Lipinski definition) is 0. The van der Waals surface area contributed by atoms with Crippen molar-refractivity contribution in [3.8, 4) is 11.5 Å². The third kappa shape index (κ3) is 3.03. The summed E-state index contributed by atoms with van der Waals surface area (Å²) in [6.45, 7) is 3.72. The Morgan fingerprint density at radius 3 is 2.26 bits per heavy atom. The van der Waals surface area contributed by atoms with E-state index < -0.39 is 4.92 Å². The van der Waals surface area contributed by atoms with Gasteiger partial charge in [-0.15, -0.1) is 0 Å². The van der Waals surface area contributed by atoms with Crippen LogP contribution in [0.3, 0.4) is 0 Å². The molecule has 0 aliphatic heterocycles. The van der Waals surface area contributed by atoms with Gasteiger partial charge in [0.05, 0.1) is 11.0 Å². The Labute approximate surface area is 115 Å². The number of non-ortho nitro benzene ring substituents is 1. The van der Waals surface area contributed by atoms with Crippen molar-refractivity contribution in [3.63, 3.8) is 0 Å². The average molecular weight is 278 g/mol. The molecule has 0 atom stereocenters. The lowest BCUT2D eigenvalue weighted by molar-refractivity contribution is -0.384. The summed E-state index contributed by atoms with van der Waals surface area (Å²) in [7, 11) is 0. The monoisotopic (exact) mass is 277 g/mol. The van der Waals surface area contributed by atoms with Crippen LogP contribution in [0.25, 0.3) is 0 Å². The first-order valence-electron chi connectivity index (χ1n) is 5.66. The lowest BCUT2D eigenvalue weighted by Crippen LogP contribution is -1.93. The quantitative estimate of drug-likeness (QED) is 0.606. The molecule has 0 aromatic heterocycles. The lowest BCUT2D eigenvalue weighted by atomic mass is 10.2. The molecule has 0 bridgehead atoms. The zero-order valence-electron chi connectivity index (χ0n) is 10.5. The SMILES string of the molecule is Cc1ccc(Cl)cc1Oc1cc([N+](=O)[O-])ccc1C. The van der Waals surface area contributed by atoms with Crippen LogP contribution >= 0.6 is 11.6 Å². The van der Waals surface area contributed by atoms with Crippen molar-refractivity contribution in [2.45, 2.75) is 13.8 Å². The van der Waals surface area contributed by atoms with Crippen LogP contribution in [0.2, 0.25) is 5.02 Å². The Kier molecular flexibility index (Phi) is 3.71. The summed E-state index contributed by atoms with van der Waals surface area (Å²) < 4.78 is 5.72. The van der Waals surface area contributed by atoms with E-state index in [4.69, 9.17) is 16.3 Å². The first kappa shape index (κ1) is 13.4. The van der Waals surface area contributed by atoms with Crippen LogP contribution in [0.4, 0.5) is 5.69 Å². The first-order valence-corrected chi connectivity index (χ1v) is 6.04. The van der Waals surface area contributed by atoms with Crippen LogP contribution in [0.5, 0.6) is 11.5 Å². The molecule has 2 aromatic rings. The Hall–Kier alpha value is -2.07. The lowest BCUT2D eigenvalue weighted by Gasteiger charge is -2.11. The van der Waals surface area contributed by atoms with E-state index in [2.05, 4.69) is 0 Å². The van der Waals surface area contributed by atoms with E-state index in [9.17, 15) is 10.1 Å². The van der Waals surface area contributed by atoms with E-state index in [1.165, 1.54) is 12.1 Å². The van der Waals surface area contributed by atoms with E-state index in [1.54, 1.807) is 18.2 Å². The van der Waals surface area contributed by atoms with E-state index in [1.807, 2.05) is 19.9 Å². The van der Waals surface area contributed by atoms with Crippen molar-refractivity contribution in [3.05, 3.63) is 62.7 Å². The molecule has 2 rings (SSSR count). The molecule has 4 nitrogen and oxygen atoms in total. The molecular weight excluding hydrogens is 266 g/mol. The van der Waals surface area contributed by atoms with E-state index >= 15 is 0 Å². The van der Waals surface area contributed by atoms with Gasteiger partial charge in [-0.2, -0.15) is 0 Å². The predicted octanol–water partition coefficient (Wildman–Crippen LogP) is 4.66. The molecule has 0 aliphatic carbocycles. The van der Waals surface area contributed by atoms with Gasteiger partial charge in [0.2, 0.25) is 0 Å². The minimum Gasteiger partial charge on any atom is -0.457 e. The molecule has 0 amide bonds. The van der Waals surface area contributed by atoms with Gasteiger partial charge >= 0.3 is 0 Å². The van der Waals surface area contributed by atoms with Crippen molar-refractivity contribution >= 4 is 17.3 Å². The standard InChI is InChI=1S/C14H12ClNO3/c1-9-3-5-11(15)7-13(9)19-14-8-12(16(17)18)6-4-10(14)2/h3-8H,1-2H3. The molecule has 0 fully saturated rings. The Bertz CT molecular complexity index is 641. The van der Waals surface area contributed by atoms with Crippen LogP contribution in [0.15, 0.2) is 36.4 Å². The highest BCUT2D eigenvalue weighted by Gasteiger charge is 2.11. The minimum absolute atomic E-state index is 0.000260. The summed E-state index contributed by atoms with van der Waals surface area (Å²) >= 11 is 5.92. The molecule has 19 heavy (non-hydrogen) atoms. The number of nitro benzene ring substituents is 1. The highest BCUT2D eigenvalue weighted by molar-refractivity contribution is 6.30. The van der Waals surface area contributed by atoms with Crippen molar-refractivity contribution in [1.29, 1.82) is 0 Å². The van der Waals surface area contributed by atoms with Crippen LogP contribution in [0.1, 0.15) is 11.1 Å². The second-order valence-electron chi connectivity index (χ2n) is 4.22. The van der Waals surface area contributed by atoms with Crippen LogP contribution in [-0.4, -0.2) is 4.92 Å². The Morgan fingerprint density at radius 1 is 1.05 bits per heavy atom. The fraction of sp³-hybridized carbons (Fsp3) is 0.143. The maximum atomic E-state index is 10.8. The van der Waals surface area contributed by atoms with Crippen molar-refractivity contribution in [2.75, 3.05) is 0 Å². The highest BCUT2D eigenvalue weighted by atomic mass is 35.5. The molecule has 0 spiro atoms. The van der Waals surface area contributed by atoms with Gasteiger partial charge in [-0.1, -0.05) is 17.7 Å². The van der Waals surface area contributed by atoms with Crippen molar-refractivity contribution < 1.29 is 9.66 Å². The summed E-state index contributed by atoms with van der Waals surface area (Å²) in [5.41, 5.74) is 1.74. The maximum Gasteiger partial charge on any atom is 0.273 e. The fourth-order valence-corrected chi connectivity index (χ4v) is 1.78. The van der Waals surface area contributed by atoms with E-state index in [0.717, 1.165) is 11.1 Å². The second-order valence-corrected chi connectivity index (χ2v) is 4.66. The molecule has 0 aliphatic rings. The van der Waals surface area contributed by atoms with Gasteiger partial charge in [-0.3, -0.25) is 10.1 Å². The Balaban J connectivity index is 2.40. The third-order valence-electron chi connectivity index (χ3n) is 2.75. The van der Waals surface area contributed by atoms with E-state index in [0.29, 0.717) is 16.5 Å². The average Bonchev–Trinajstić information content (AvgIpc) is 2.36. The van der Waals surface area contributed by atoms with Crippen molar-refractivity contribution in [1.82, 2.24) is 0 Å². The molecule has 0 heterocycles. The molecular formula is C14H12ClNO3. The van der Waals surface area contributed by atoms with Crippen LogP contribution < -0.4 is 4.74 Å². The second kappa shape index (κ2) is 5.28. The Morgan fingerprint density at radius 2 is 1.63 bits per heavy atom. The summed E-state index contributed by atoms with van der Waals surface area (Å²) in [6.07, 6.45) is 0. The summed E-state index contributed by atoms with van der Waals surface area (Å²) in [6, 6.07) is 9.82. The largest absolute Gasteiger partial charge is 0.457 e. The van der Waals surface area contributed by atoms with Crippen molar-refractivity contribution in [2.24, 2.45) is 0 Å². The zero-order chi connectivity index (χ0) is 14.0. The van der Waals surface area contributed by atoms with Gasteiger partial charge in [0.15, 0.2) is 0 Å². The number of hydrogen-bond acceptors (Lipinski definition) is 3. The molecule has 0 radical (unpaired) electrons. The first-order chi connectivity index (χ1) is 8.97. The number of nitro groups is 1. The number of ether oxygens (including phenoxy) is 1. The minimum atomic E-state index is -0.447. The molecule has 5 heteroatoms. The summed E-state index contributed by atoms with van der Waals surface area (Å²) in [5.74, 6) is 1.05. The maximum absolute atomic E-state index is 10.8. The van der Waals surface area contributed by atoms with Gasteiger partial charge in [-0.05, 0) is 43.2 Å². The molecule has 98 valence electrons. The van der Waals surface area contributed by atoms with Gasteiger partial charge in [0.25, 0.3) is 5.69 Å². The summed E-state index contributed by atoms with van der Waals surface area (Å²) in [4.78, 5) is 10.3.